The number of esters is 1. The topological polar surface area (TPSA) is 44.1 Å². The van der Waals surface area contributed by atoms with E-state index in [9.17, 15) is 4.79 Å². The molecule has 0 radical (unpaired) electrons. The van der Waals surface area contributed by atoms with Gasteiger partial charge in [0.15, 0.2) is 0 Å². The Morgan fingerprint density at radius 1 is 1.44 bits per heavy atom. The molecule has 1 heterocycles. The Kier molecular flexibility index (Phi) is 3.39. The predicted octanol–water partition coefficient (Wildman–Crippen LogP) is 2.84. The van der Waals surface area contributed by atoms with Crippen molar-refractivity contribution >= 4 is 17.6 Å². The van der Waals surface area contributed by atoms with Crippen molar-refractivity contribution in [1.82, 2.24) is 9.78 Å². The highest BCUT2D eigenvalue weighted by molar-refractivity contribution is 6.33. The molecule has 0 aliphatic heterocycles. The number of methoxy groups -OCH3 is 1. The summed E-state index contributed by atoms with van der Waals surface area (Å²) in [6.45, 7) is 1.87. The van der Waals surface area contributed by atoms with E-state index in [4.69, 9.17) is 16.3 Å². The molecule has 0 aliphatic carbocycles. The minimum absolute atomic E-state index is 0.354. The molecule has 0 saturated heterocycles. The van der Waals surface area contributed by atoms with Gasteiger partial charge < -0.3 is 4.74 Å². The molecule has 0 fully saturated rings. The molecular formula is C13H13ClN2O2. The molecule has 1 aromatic carbocycles. The molecule has 2 rings (SSSR count). The van der Waals surface area contributed by atoms with Crippen molar-refractivity contribution in [2.75, 3.05) is 7.11 Å². The van der Waals surface area contributed by atoms with Crippen molar-refractivity contribution in [3.05, 3.63) is 40.5 Å². The minimum Gasteiger partial charge on any atom is -0.465 e. The van der Waals surface area contributed by atoms with Gasteiger partial charge in [-0.05, 0) is 18.6 Å². The molecule has 4 nitrogen and oxygen atoms in total. The second kappa shape index (κ2) is 4.82. The van der Waals surface area contributed by atoms with E-state index in [1.807, 2.05) is 20.0 Å². The fourth-order valence-electron chi connectivity index (χ4n) is 1.94. The van der Waals surface area contributed by atoms with Gasteiger partial charge in [0.25, 0.3) is 0 Å². The van der Waals surface area contributed by atoms with Crippen molar-refractivity contribution in [2.24, 2.45) is 7.05 Å². The minimum atomic E-state index is -0.354. The average Bonchev–Trinajstić information content (AvgIpc) is 2.69. The zero-order chi connectivity index (χ0) is 13.3. The van der Waals surface area contributed by atoms with Crippen LogP contribution in [0.15, 0.2) is 24.4 Å². The van der Waals surface area contributed by atoms with Crippen LogP contribution in [0.1, 0.15) is 15.9 Å². The van der Waals surface area contributed by atoms with E-state index in [-0.39, 0.29) is 5.97 Å². The molecule has 0 unspecified atom stereocenters. The quantitative estimate of drug-likeness (QED) is 0.784. The van der Waals surface area contributed by atoms with Crippen LogP contribution >= 0.6 is 11.6 Å². The van der Waals surface area contributed by atoms with Crippen LogP contribution in [0.5, 0.6) is 0 Å². The molecule has 2 aromatic rings. The second-order valence-electron chi connectivity index (χ2n) is 3.93. The summed E-state index contributed by atoms with van der Waals surface area (Å²) in [6, 6.07) is 5.44. The SMILES string of the molecule is COC(=O)c1cccc(-c2c(Cl)cnn2C)c1C. The predicted molar refractivity (Wildman–Crippen MR) is 69.7 cm³/mol. The summed E-state index contributed by atoms with van der Waals surface area (Å²) in [7, 11) is 3.18. The van der Waals surface area contributed by atoms with Crippen LogP contribution in [0, 0.1) is 6.92 Å². The van der Waals surface area contributed by atoms with E-state index in [0.717, 1.165) is 16.8 Å². The van der Waals surface area contributed by atoms with Gasteiger partial charge in [-0.2, -0.15) is 5.10 Å². The van der Waals surface area contributed by atoms with Crippen LogP contribution < -0.4 is 0 Å². The molecule has 0 atom stereocenters. The third kappa shape index (κ3) is 1.99. The van der Waals surface area contributed by atoms with E-state index in [1.54, 1.807) is 23.0 Å². The van der Waals surface area contributed by atoms with Gasteiger partial charge in [-0.25, -0.2) is 4.79 Å². The van der Waals surface area contributed by atoms with Gasteiger partial charge in [0, 0.05) is 12.6 Å². The largest absolute Gasteiger partial charge is 0.465 e. The number of rotatable bonds is 2. The Morgan fingerprint density at radius 2 is 2.17 bits per heavy atom. The van der Waals surface area contributed by atoms with Gasteiger partial charge in [0.05, 0.1) is 29.6 Å². The fraction of sp³-hybridized carbons (Fsp3) is 0.231. The number of ether oxygens (including phenoxy) is 1. The lowest BCUT2D eigenvalue weighted by molar-refractivity contribution is 0.0600. The zero-order valence-electron chi connectivity index (χ0n) is 10.4. The molecule has 0 saturated carbocycles. The van der Waals surface area contributed by atoms with Gasteiger partial charge in [-0.1, -0.05) is 23.7 Å². The van der Waals surface area contributed by atoms with Crippen molar-refractivity contribution in [3.63, 3.8) is 0 Å². The number of carbonyl (C=O) groups excluding carboxylic acids is 1. The molecule has 0 bridgehead atoms. The van der Waals surface area contributed by atoms with Crippen LogP contribution in [-0.4, -0.2) is 22.9 Å². The Morgan fingerprint density at radius 3 is 2.72 bits per heavy atom. The Balaban J connectivity index is 2.63. The highest BCUT2D eigenvalue weighted by Gasteiger charge is 2.16. The van der Waals surface area contributed by atoms with E-state index in [0.29, 0.717) is 10.6 Å². The van der Waals surface area contributed by atoms with E-state index in [1.165, 1.54) is 7.11 Å². The summed E-state index contributed by atoms with van der Waals surface area (Å²) in [4.78, 5) is 11.6. The lowest BCUT2D eigenvalue weighted by Crippen LogP contribution is -2.05. The number of hydrogen-bond acceptors (Lipinski definition) is 3. The van der Waals surface area contributed by atoms with Gasteiger partial charge >= 0.3 is 5.97 Å². The van der Waals surface area contributed by atoms with Crippen molar-refractivity contribution in [1.29, 1.82) is 0 Å². The first kappa shape index (κ1) is 12.6. The van der Waals surface area contributed by atoms with Gasteiger partial charge in [-0.15, -0.1) is 0 Å². The Bertz CT molecular complexity index is 586. The molecule has 5 heteroatoms. The lowest BCUT2D eigenvalue weighted by Gasteiger charge is -2.10. The number of halogens is 1. The van der Waals surface area contributed by atoms with Gasteiger partial charge in [0.2, 0.25) is 0 Å². The normalized spacial score (nSPS) is 10.4. The number of carbonyl (C=O) groups is 1. The number of hydrogen-bond donors (Lipinski definition) is 0. The molecule has 0 spiro atoms. The van der Waals surface area contributed by atoms with Crippen molar-refractivity contribution in [3.8, 4) is 11.3 Å². The maximum atomic E-state index is 11.6. The van der Waals surface area contributed by atoms with E-state index >= 15 is 0 Å². The van der Waals surface area contributed by atoms with E-state index in [2.05, 4.69) is 5.10 Å². The monoisotopic (exact) mass is 264 g/mol. The maximum Gasteiger partial charge on any atom is 0.338 e. The molecule has 94 valence electrons. The summed E-state index contributed by atoms with van der Waals surface area (Å²) in [6.07, 6.45) is 1.58. The molecule has 1 aromatic heterocycles. The van der Waals surface area contributed by atoms with Crippen LogP contribution in [0.2, 0.25) is 5.02 Å². The second-order valence-corrected chi connectivity index (χ2v) is 4.34. The Labute approximate surface area is 110 Å². The molecule has 0 N–H and O–H groups in total. The highest BCUT2D eigenvalue weighted by Crippen LogP contribution is 2.31. The van der Waals surface area contributed by atoms with Crippen LogP contribution in [-0.2, 0) is 11.8 Å². The summed E-state index contributed by atoms with van der Waals surface area (Å²) in [5, 5.41) is 4.65. The average molecular weight is 265 g/mol. The first-order valence-electron chi connectivity index (χ1n) is 5.42. The third-order valence-electron chi connectivity index (χ3n) is 2.89. The van der Waals surface area contributed by atoms with E-state index < -0.39 is 0 Å². The number of benzene rings is 1. The molecule has 0 amide bonds. The zero-order valence-corrected chi connectivity index (χ0v) is 11.2. The number of aryl methyl sites for hydroxylation is 1. The first-order valence-corrected chi connectivity index (χ1v) is 5.80. The number of aromatic nitrogens is 2. The molecular weight excluding hydrogens is 252 g/mol. The fourth-order valence-corrected chi connectivity index (χ4v) is 2.20. The number of nitrogens with zero attached hydrogens (tertiary/aromatic N) is 2. The smallest absolute Gasteiger partial charge is 0.338 e. The highest BCUT2D eigenvalue weighted by atomic mass is 35.5. The third-order valence-corrected chi connectivity index (χ3v) is 3.16. The summed E-state index contributed by atoms with van der Waals surface area (Å²) >= 11 is 6.12. The van der Waals surface area contributed by atoms with Gasteiger partial charge in [-0.3, -0.25) is 4.68 Å². The maximum absolute atomic E-state index is 11.6. The lowest BCUT2D eigenvalue weighted by atomic mass is 10.00. The van der Waals surface area contributed by atoms with Crippen LogP contribution in [0.4, 0.5) is 0 Å². The summed E-state index contributed by atoms with van der Waals surface area (Å²) in [5.41, 5.74) is 3.03. The summed E-state index contributed by atoms with van der Waals surface area (Å²) < 4.78 is 6.44. The molecule has 18 heavy (non-hydrogen) atoms. The molecule has 0 aliphatic rings. The first-order chi connectivity index (χ1) is 8.56. The Hall–Kier alpha value is -1.81. The van der Waals surface area contributed by atoms with Crippen molar-refractivity contribution in [2.45, 2.75) is 6.92 Å². The standard InChI is InChI=1S/C13H13ClN2O2/c1-8-9(12-11(14)7-15-16(12)2)5-4-6-10(8)13(17)18-3/h4-7H,1-3H3. The van der Waals surface area contributed by atoms with Crippen LogP contribution in [0.3, 0.4) is 0 Å². The summed E-state index contributed by atoms with van der Waals surface area (Å²) in [5.74, 6) is -0.354. The van der Waals surface area contributed by atoms with Crippen molar-refractivity contribution < 1.29 is 9.53 Å². The van der Waals surface area contributed by atoms with Gasteiger partial charge in [0.1, 0.15) is 0 Å². The van der Waals surface area contributed by atoms with Crippen LogP contribution in [0.25, 0.3) is 11.3 Å².